The Morgan fingerprint density at radius 1 is 1.38 bits per heavy atom. The van der Waals surface area contributed by atoms with Crippen molar-refractivity contribution >= 4 is 0 Å². The van der Waals surface area contributed by atoms with E-state index in [4.69, 9.17) is 0 Å². The molecule has 1 aliphatic carbocycles. The van der Waals surface area contributed by atoms with E-state index in [-0.39, 0.29) is 12.2 Å². The first-order valence-electron chi connectivity index (χ1n) is 5.58. The van der Waals surface area contributed by atoms with Gasteiger partial charge in [-0.2, -0.15) is 0 Å². The average Bonchev–Trinajstić information content (AvgIpc) is 2.04. The minimum atomic E-state index is -0.139. The monoisotopic (exact) mass is 186 g/mol. The van der Waals surface area contributed by atoms with Crippen LogP contribution in [0.5, 0.6) is 0 Å². The standard InChI is InChI=1S/C11H22O2/c1-2-4-10(12)7-9-5-3-6-11(13)8-9/h9-13H,2-8H2,1H3/t9?,10-,11?/m0/s1. The number of aliphatic hydroxyl groups is 2. The van der Waals surface area contributed by atoms with E-state index in [1.54, 1.807) is 0 Å². The molecular weight excluding hydrogens is 164 g/mol. The van der Waals surface area contributed by atoms with Crippen molar-refractivity contribution in [1.29, 1.82) is 0 Å². The summed E-state index contributed by atoms with van der Waals surface area (Å²) in [4.78, 5) is 0. The van der Waals surface area contributed by atoms with E-state index < -0.39 is 0 Å². The van der Waals surface area contributed by atoms with Crippen molar-refractivity contribution in [2.24, 2.45) is 5.92 Å². The lowest BCUT2D eigenvalue weighted by Crippen LogP contribution is -2.23. The largest absolute Gasteiger partial charge is 0.393 e. The molecule has 2 nitrogen and oxygen atoms in total. The summed E-state index contributed by atoms with van der Waals surface area (Å²) in [5.41, 5.74) is 0. The molecular formula is C11H22O2. The molecule has 2 unspecified atom stereocenters. The van der Waals surface area contributed by atoms with Gasteiger partial charge >= 0.3 is 0 Å². The molecule has 78 valence electrons. The van der Waals surface area contributed by atoms with Gasteiger partial charge in [-0.3, -0.25) is 0 Å². The molecule has 0 aromatic heterocycles. The van der Waals surface area contributed by atoms with Gasteiger partial charge in [0.15, 0.2) is 0 Å². The lowest BCUT2D eigenvalue weighted by atomic mass is 9.83. The van der Waals surface area contributed by atoms with Crippen LogP contribution < -0.4 is 0 Å². The molecule has 3 atom stereocenters. The van der Waals surface area contributed by atoms with Gasteiger partial charge in [0.2, 0.25) is 0 Å². The van der Waals surface area contributed by atoms with Gasteiger partial charge in [-0.05, 0) is 31.6 Å². The van der Waals surface area contributed by atoms with Crippen LogP contribution in [0.1, 0.15) is 51.9 Å². The maximum absolute atomic E-state index is 9.61. The van der Waals surface area contributed by atoms with Gasteiger partial charge in [-0.25, -0.2) is 0 Å². The summed E-state index contributed by atoms with van der Waals surface area (Å²) in [6.07, 6.45) is 6.80. The van der Waals surface area contributed by atoms with Crippen molar-refractivity contribution in [3.05, 3.63) is 0 Å². The zero-order valence-electron chi connectivity index (χ0n) is 8.58. The first-order chi connectivity index (χ1) is 6.22. The summed E-state index contributed by atoms with van der Waals surface area (Å²) in [5, 5.41) is 19.0. The van der Waals surface area contributed by atoms with Gasteiger partial charge in [0.25, 0.3) is 0 Å². The van der Waals surface area contributed by atoms with E-state index in [2.05, 4.69) is 6.92 Å². The van der Waals surface area contributed by atoms with Crippen molar-refractivity contribution in [1.82, 2.24) is 0 Å². The van der Waals surface area contributed by atoms with Crippen LogP contribution in [0.3, 0.4) is 0 Å². The van der Waals surface area contributed by atoms with Crippen LogP contribution in [0.2, 0.25) is 0 Å². The Kier molecular flexibility index (Phi) is 4.74. The lowest BCUT2D eigenvalue weighted by molar-refractivity contribution is 0.0676. The van der Waals surface area contributed by atoms with Crippen LogP contribution in [0.25, 0.3) is 0 Å². The fourth-order valence-electron chi connectivity index (χ4n) is 2.31. The fourth-order valence-corrected chi connectivity index (χ4v) is 2.31. The Balaban J connectivity index is 2.19. The summed E-state index contributed by atoms with van der Waals surface area (Å²) < 4.78 is 0. The third-order valence-electron chi connectivity index (χ3n) is 2.98. The van der Waals surface area contributed by atoms with E-state index in [1.165, 1.54) is 6.42 Å². The Bertz CT molecular complexity index is 136. The predicted octanol–water partition coefficient (Wildman–Crippen LogP) is 2.09. The van der Waals surface area contributed by atoms with Gasteiger partial charge < -0.3 is 10.2 Å². The maximum Gasteiger partial charge on any atom is 0.0543 e. The van der Waals surface area contributed by atoms with Gasteiger partial charge in [0, 0.05) is 0 Å². The van der Waals surface area contributed by atoms with Crippen LogP contribution in [0.4, 0.5) is 0 Å². The van der Waals surface area contributed by atoms with Crippen molar-refractivity contribution in [2.45, 2.75) is 64.1 Å². The Labute approximate surface area is 81.0 Å². The zero-order valence-corrected chi connectivity index (χ0v) is 8.58. The molecule has 0 heterocycles. The van der Waals surface area contributed by atoms with Gasteiger partial charge in [0.1, 0.15) is 0 Å². The first-order valence-corrected chi connectivity index (χ1v) is 5.58. The second-order valence-corrected chi connectivity index (χ2v) is 4.36. The van der Waals surface area contributed by atoms with Crippen molar-refractivity contribution < 1.29 is 10.2 Å². The van der Waals surface area contributed by atoms with E-state index in [1.807, 2.05) is 0 Å². The number of aliphatic hydroxyl groups excluding tert-OH is 2. The molecule has 0 radical (unpaired) electrons. The molecule has 1 saturated carbocycles. The van der Waals surface area contributed by atoms with Crippen LogP contribution in [0, 0.1) is 5.92 Å². The van der Waals surface area contributed by atoms with E-state index in [9.17, 15) is 10.2 Å². The SMILES string of the molecule is CCC[C@H](O)CC1CCCC(O)C1. The highest BCUT2D eigenvalue weighted by molar-refractivity contribution is 4.74. The highest BCUT2D eigenvalue weighted by Gasteiger charge is 2.21. The Morgan fingerprint density at radius 3 is 2.77 bits per heavy atom. The van der Waals surface area contributed by atoms with Gasteiger partial charge in [-0.1, -0.05) is 26.2 Å². The van der Waals surface area contributed by atoms with Gasteiger partial charge in [-0.15, -0.1) is 0 Å². The molecule has 0 spiro atoms. The average molecular weight is 186 g/mol. The molecule has 0 aliphatic heterocycles. The number of hydrogen-bond donors (Lipinski definition) is 2. The van der Waals surface area contributed by atoms with E-state index in [0.29, 0.717) is 5.92 Å². The molecule has 0 amide bonds. The highest BCUT2D eigenvalue weighted by atomic mass is 16.3. The van der Waals surface area contributed by atoms with Crippen LogP contribution in [0.15, 0.2) is 0 Å². The molecule has 2 heteroatoms. The number of hydrogen-bond acceptors (Lipinski definition) is 2. The molecule has 1 fully saturated rings. The van der Waals surface area contributed by atoms with E-state index >= 15 is 0 Å². The summed E-state index contributed by atoms with van der Waals surface area (Å²) in [6, 6.07) is 0. The molecule has 13 heavy (non-hydrogen) atoms. The topological polar surface area (TPSA) is 40.5 Å². The van der Waals surface area contributed by atoms with Crippen LogP contribution in [-0.2, 0) is 0 Å². The second-order valence-electron chi connectivity index (χ2n) is 4.36. The first kappa shape index (κ1) is 11.0. The maximum atomic E-state index is 9.61. The smallest absolute Gasteiger partial charge is 0.0543 e. The lowest BCUT2D eigenvalue weighted by Gasteiger charge is -2.27. The Morgan fingerprint density at radius 2 is 2.15 bits per heavy atom. The molecule has 0 aromatic carbocycles. The minimum absolute atomic E-state index is 0.104. The molecule has 0 bridgehead atoms. The summed E-state index contributed by atoms with van der Waals surface area (Å²) >= 11 is 0. The summed E-state index contributed by atoms with van der Waals surface area (Å²) in [5.74, 6) is 0.560. The van der Waals surface area contributed by atoms with Crippen LogP contribution in [-0.4, -0.2) is 22.4 Å². The second kappa shape index (κ2) is 5.61. The summed E-state index contributed by atoms with van der Waals surface area (Å²) in [7, 11) is 0. The Hall–Kier alpha value is -0.0800. The third-order valence-corrected chi connectivity index (χ3v) is 2.98. The highest BCUT2D eigenvalue weighted by Crippen LogP contribution is 2.28. The van der Waals surface area contributed by atoms with Crippen LogP contribution >= 0.6 is 0 Å². The fraction of sp³-hybridized carbons (Fsp3) is 1.00. The quantitative estimate of drug-likeness (QED) is 0.705. The normalized spacial score (nSPS) is 31.6. The van der Waals surface area contributed by atoms with Crippen molar-refractivity contribution in [3.63, 3.8) is 0 Å². The van der Waals surface area contributed by atoms with E-state index in [0.717, 1.165) is 38.5 Å². The van der Waals surface area contributed by atoms with Gasteiger partial charge in [0.05, 0.1) is 12.2 Å². The molecule has 2 N–H and O–H groups in total. The van der Waals surface area contributed by atoms with Crippen molar-refractivity contribution in [2.75, 3.05) is 0 Å². The number of rotatable bonds is 4. The molecule has 0 saturated heterocycles. The summed E-state index contributed by atoms with van der Waals surface area (Å²) in [6.45, 7) is 2.10. The van der Waals surface area contributed by atoms with Crippen molar-refractivity contribution in [3.8, 4) is 0 Å². The molecule has 1 aliphatic rings. The zero-order chi connectivity index (χ0) is 9.68. The minimum Gasteiger partial charge on any atom is -0.393 e. The predicted molar refractivity (Wildman–Crippen MR) is 53.5 cm³/mol. The third kappa shape index (κ3) is 4.10. The molecule has 1 rings (SSSR count). The molecule has 0 aromatic rings.